The average Bonchev–Trinajstić information content (AvgIpc) is 2.43. The minimum atomic E-state index is -0.742. The molecule has 0 aromatic heterocycles. The van der Waals surface area contributed by atoms with Gasteiger partial charge in [-0.25, -0.2) is 13.2 Å². The van der Waals surface area contributed by atoms with Crippen molar-refractivity contribution in [3.05, 3.63) is 63.4 Å². The largest absolute Gasteiger partial charge is 0.488 e. The molecule has 0 radical (unpaired) electrons. The van der Waals surface area contributed by atoms with Gasteiger partial charge in [-0.05, 0) is 41.1 Å². The number of halogens is 4. The van der Waals surface area contributed by atoms with E-state index < -0.39 is 23.5 Å². The topological polar surface area (TPSA) is 35.2 Å². The molecule has 1 atom stereocenters. The Bertz CT molecular complexity index is 662. The van der Waals surface area contributed by atoms with E-state index in [4.69, 9.17) is 10.5 Å². The molecule has 0 fully saturated rings. The number of hydrogen-bond donors (Lipinski definition) is 1. The molecule has 2 N–H and O–H groups in total. The lowest BCUT2D eigenvalue weighted by Gasteiger charge is -2.15. The Morgan fingerprint density at radius 3 is 2.57 bits per heavy atom. The number of hydrogen-bond acceptors (Lipinski definition) is 2. The van der Waals surface area contributed by atoms with E-state index in [0.29, 0.717) is 5.56 Å². The molecule has 6 heteroatoms. The molecule has 0 amide bonds. The van der Waals surface area contributed by atoms with Gasteiger partial charge in [-0.15, -0.1) is 0 Å². The van der Waals surface area contributed by atoms with Crippen LogP contribution < -0.4 is 10.5 Å². The first-order valence-corrected chi connectivity index (χ1v) is 6.99. The van der Waals surface area contributed by atoms with Crippen molar-refractivity contribution >= 4 is 15.9 Å². The van der Waals surface area contributed by atoms with Crippen molar-refractivity contribution in [3.63, 3.8) is 0 Å². The van der Waals surface area contributed by atoms with E-state index in [-0.39, 0.29) is 22.4 Å². The molecule has 0 saturated heterocycles. The summed E-state index contributed by atoms with van der Waals surface area (Å²) < 4.78 is 46.2. The summed E-state index contributed by atoms with van der Waals surface area (Å²) in [6.45, 7) is 1.35. The van der Waals surface area contributed by atoms with Gasteiger partial charge in [0.2, 0.25) is 0 Å². The van der Waals surface area contributed by atoms with Crippen LogP contribution in [-0.2, 0) is 6.61 Å². The molecule has 2 rings (SSSR count). The highest BCUT2D eigenvalue weighted by atomic mass is 79.9. The molecule has 0 aliphatic carbocycles. The van der Waals surface area contributed by atoms with Crippen LogP contribution in [0, 0.1) is 17.5 Å². The number of nitrogens with two attached hydrogens (primary N) is 1. The van der Waals surface area contributed by atoms with Gasteiger partial charge in [0.25, 0.3) is 0 Å². The SMILES string of the molecule is C[C@@H](N)c1ccc(F)cc1OCc1c(F)ccc(Br)c1F. The minimum absolute atomic E-state index is 0.133. The molecule has 0 heterocycles. The van der Waals surface area contributed by atoms with Crippen molar-refractivity contribution in [2.45, 2.75) is 19.6 Å². The van der Waals surface area contributed by atoms with E-state index in [9.17, 15) is 13.2 Å². The van der Waals surface area contributed by atoms with Gasteiger partial charge in [0.1, 0.15) is 29.8 Å². The zero-order chi connectivity index (χ0) is 15.6. The Kier molecular flexibility index (Phi) is 4.90. The van der Waals surface area contributed by atoms with Gasteiger partial charge >= 0.3 is 0 Å². The lowest BCUT2D eigenvalue weighted by Crippen LogP contribution is -2.09. The second-order valence-corrected chi connectivity index (χ2v) is 5.44. The molecule has 2 aromatic rings. The standard InChI is InChI=1S/C15H13BrF3NO/c1-8(20)10-3-2-9(17)6-14(10)21-7-11-13(18)5-4-12(16)15(11)19/h2-6,8H,7,20H2,1H3/t8-/m1/s1. The predicted molar refractivity (Wildman–Crippen MR) is 77.4 cm³/mol. The Hall–Kier alpha value is -1.53. The predicted octanol–water partition coefficient (Wildman–Crippen LogP) is 4.47. The van der Waals surface area contributed by atoms with Crippen molar-refractivity contribution in [2.24, 2.45) is 5.73 Å². The van der Waals surface area contributed by atoms with E-state index >= 15 is 0 Å². The molecule has 0 unspecified atom stereocenters. The molecule has 0 saturated carbocycles. The molecule has 0 bridgehead atoms. The molecule has 2 aromatic carbocycles. The van der Waals surface area contributed by atoms with Crippen LogP contribution in [0.5, 0.6) is 5.75 Å². The Labute approximate surface area is 128 Å². The number of rotatable bonds is 4. The van der Waals surface area contributed by atoms with Gasteiger partial charge < -0.3 is 10.5 Å². The van der Waals surface area contributed by atoms with Crippen LogP contribution in [0.15, 0.2) is 34.8 Å². The molecular formula is C15H13BrF3NO. The van der Waals surface area contributed by atoms with E-state index in [2.05, 4.69) is 15.9 Å². The van der Waals surface area contributed by atoms with Crippen LogP contribution in [0.2, 0.25) is 0 Å². The second kappa shape index (κ2) is 6.49. The molecule has 21 heavy (non-hydrogen) atoms. The smallest absolute Gasteiger partial charge is 0.146 e. The van der Waals surface area contributed by atoms with Gasteiger partial charge in [-0.1, -0.05) is 6.07 Å². The van der Waals surface area contributed by atoms with E-state index in [1.807, 2.05) is 0 Å². The zero-order valence-corrected chi connectivity index (χ0v) is 12.8. The minimum Gasteiger partial charge on any atom is -0.488 e. The van der Waals surface area contributed by atoms with Gasteiger partial charge in [-0.3, -0.25) is 0 Å². The Balaban J connectivity index is 2.29. The Morgan fingerprint density at radius 1 is 1.19 bits per heavy atom. The van der Waals surface area contributed by atoms with Crippen molar-refractivity contribution in [2.75, 3.05) is 0 Å². The Morgan fingerprint density at radius 2 is 1.90 bits per heavy atom. The first-order chi connectivity index (χ1) is 9.90. The van der Waals surface area contributed by atoms with Gasteiger partial charge in [0.05, 0.1) is 10.0 Å². The van der Waals surface area contributed by atoms with Crippen LogP contribution in [0.4, 0.5) is 13.2 Å². The third-order valence-corrected chi connectivity index (χ3v) is 3.59. The summed E-state index contributed by atoms with van der Waals surface area (Å²) in [5.41, 5.74) is 6.09. The van der Waals surface area contributed by atoms with Gasteiger partial charge in [0, 0.05) is 17.7 Å². The van der Waals surface area contributed by atoms with E-state index in [1.54, 1.807) is 6.92 Å². The van der Waals surface area contributed by atoms with Crippen molar-refractivity contribution in [3.8, 4) is 5.75 Å². The first kappa shape index (κ1) is 15.9. The van der Waals surface area contributed by atoms with E-state index in [1.165, 1.54) is 18.2 Å². The normalized spacial score (nSPS) is 12.3. The average molecular weight is 360 g/mol. The highest BCUT2D eigenvalue weighted by molar-refractivity contribution is 9.10. The monoisotopic (exact) mass is 359 g/mol. The molecule has 0 aliphatic rings. The number of ether oxygens (including phenoxy) is 1. The summed E-state index contributed by atoms with van der Waals surface area (Å²) in [6, 6.07) is 5.90. The first-order valence-electron chi connectivity index (χ1n) is 6.20. The van der Waals surface area contributed by atoms with Crippen LogP contribution in [0.25, 0.3) is 0 Å². The van der Waals surface area contributed by atoms with E-state index in [0.717, 1.165) is 12.1 Å². The van der Waals surface area contributed by atoms with Crippen LogP contribution in [-0.4, -0.2) is 0 Å². The van der Waals surface area contributed by atoms with Crippen LogP contribution in [0.1, 0.15) is 24.1 Å². The summed E-state index contributed by atoms with van der Waals surface area (Å²) in [4.78, 5) is 0. The maximum absolute atomic E-state index is 13.8. The van der Waals surface area contributed by atoms with Crippen LogP contribution in [0.3, 0.4) is 0 Å². The third kappa shape index (κ3) is 3.57. The molecule has 0 spiro atoms. The summed E-state index contributed by atoms with van der Waals surface area (Å²) in [6.07, 6.45) is 0. The maximum Gasteiger partial charge on any atom is 0.146 e. The quantitative estimate of drug-likeness (QED) is 0.817. The highest BCUT2D eigenvalue weighted by Gasteiger charge is 2.15. The zero-order valence-electron chi connectivity index (χ0n) is 11.2. The summed E-state index contributed by atoms with van der Waals surface area (Å²) in [5, 5.41) is 0. The van der Waals surface area contributed by atoms with Crippen LogP contribution >= 0.6 is 15.9 Å². The van der Waals surface area contributed by atoms with Crippen molar-refractivity contribution in [1.82, 2.24) is 0 Å². The number of benzene rings is 2. The third-order valence-electron chi connectivity index (χ3n) is 2.98. The van der Waals surface area contributed by atoms with Gasteiger partial charge in [0.15, 0.2) is 0 Å². The lowest BCUT2D eigenvalue weighted by atomic mass is 10.1. The lowest BCUT2D eigenvalue weighted by molar-refractivity contribution is 0.286. The fraction of sp³-hybridized carbons (Fsp3) is 0.200. The second-order valence-electron chi connectivity index (χ2n) is 4.58. The summed E-state index contributed by atoms with van der Waals surface area (Å²) >= 11 is 2.98. The molecule has 112 valence electrons. The molecular weight excluding hydrogens is 347 g/mol. The summed E-state index contributed by atoms with van der Waals surface area (Å²) in [5.74, 6) is -1.81. The molecule has 0 aliphatic heterocycles. The molecule has 2 nitrogen and oxygen atoms in total. The summed E-state index contributed by atoms with van der Waals surface area (Å²) in [7, 11) is 0. The fourth-order valence-corrected chi connectivity index (χ4v) is 2.23. The van der Waals surface area contributed by atoms with Gasteiger partial charge in [-0.2, -0.15) is 0 Å². The highest BCUT2D eigenvalue weighted by Crippen LogP contribution is 2.27. The maximum atomic E-state index is 13.8. The fourth-order valence-electron chi connectivity index (χ4n) is 1.86. The van der Waals surface area contributed by atoms with Crippen molar-refractivity contribution in [1.29, 1.82) is 0 Å². The van der Waals surface area contributed by atoms with Crippen molar-refractivity contribution < 1.29 is 17.9 Å².